The van der Waals surface area contributed by atoms with E-state index >= 15 is 0 Å². The van der Waals surface area contributed by atoms with Gasteiger partial charge in [-0.15, -0.1) is 0 Å². The summed E-state index contributed by atoms with van der Waals surface area (Å²) in [7, 11) is 1.81. The van der Waals surface area contributed by atoms with Crippen LogP contribution in [-0.2, 0) is 6.61 Å². The van der Waals surface area contributed by atoms with Crippen LogP contribution >= 0.6 is 0 Å². The van der Waals surface area contributed by atoms with Gasteiger partial charge in [0, 0.05) is 17.8 Å². The van der Waals surface area contributed by atoms with Gasteiger partial charge in [0.2, 0.25) is 0 Å². The number of hydrogen-bond acceptors (Lipinski definition) is 4. The molecule has 0 aliphatic heterocycles. The summed E-state index contributed by atoms with van der Waals surface area (Å²) in [5.41, 5.74) is 1.94. The number of nitrogens with one attached hydrogen (secondary N) is 1. The Morgan fingerprint density at radius 1 is 1.38 bits per heavy atom. The topological polar surface area (TPSA) is 57.9 Å². The number of pyridine rings is 1. The zero-order chi connectivity index (χ0) is 15.2. The minimum Gasteiger partial charge on any atom is -0.489 e. The van der Waals surface area contributed by atoms with E-state index in [0.29, 0.717) is 18.1 Å². The Balaban J connectivity index is 2.18. The molecule has 0 amide bonds. The summed E-state index contributed by atoms with van der Waals surface area (Å²) < 4.78 is 19.1. The Hall–Kier alpha value is -2.45. The second-order valence-electron chi connectivity index (χ2n) is 4.64. The van der Waals surface area contributed by atoms with Gasteiger partial charge < -0.3 is 10.1 Å². The van der Waals surface area contributed by atoms with Gasteiger partial charge >= 0.3 is 0 Å². The largest absolute Gasteiger partial charge is 0.489 e. The van der Waals surface area contributed by atoms with Crippen molar-refractivity contribution in [3.63, 3.8) is 0 Å². The van der Waals surface area contributed by atoms with Crippen LogP contribution in [0.3, 0.4) is 0 Å². The van der Waals surface area contributed by atoms with Gasteiger partial charge in [-0.2, -0.15) is 5.26 Å². The smallest absolute Gasteiger partial charge is 0.140 e. The quantitative estimate of drug-likeness (QED) is 0.917. The molecule has 0 radical (unpaired) electrons. The molecule has 1 atom stereocenters. The minimum atomic E-state index is -0.296. The van der Waals surface area contributed by atoms with Crippen molar-refractivity contribution >= 4 is 0 Å². The molecule has 0 saturated heterocycles. The Morgan fingerprint density at radius 3 is 2.90 bits per heavy atom. The van der Waals surface area contributed by atoms with Gasteiger partial charge in [-0.3, -0.25) is 0 Å². The van der Waals surface area contributed by atoms with Gasteiger partial charge in [0.15, 0.2) is 0 Å². The number of rotatable bonds is 5. The number of halogens is 1. The zero-order valence-electron chi connectivity index (χ0n) is 11.9. The van der Waals surface area contributed by atoms with E-state index in [1.165, 1.54) is 12.1 Å². The van der Waals surface area contributed by atoms with Crippen LogP contribution in [0, 0.1) is 17.1 Å². The van der Waals surface area contributed by atoms with Crippen molar-refractivity contribution < 1.29 is 9.13 Å². The van der Waals surface area contributed by atoms with Crippen molar-refractivity contribution in [2.24, 2.45) is 0 Å². The van der Waals surface area contributed by atoms with Gasteiger partial charge in [-0.25, -0.2) is 9.37 Å². The standard InChI is InChI=1S/C16H16FN3O/c1-11(19-2)15-8-13(17)3-4-16(15)21-10-12-5-6-20-14(7-12)9-18/h3-8,11,19H,10H2,1-2H3. The highest BCUT2D eigenvalue weighted by atomic mass is 19.1. The number of nitriles is 1. The fourth-order valence-corrected chi connectivity index (χ4v) is 1.93. The van der Waals surface area contributed by atoms with Crippen molar-refractivity contribution in [3.8, 4) is 11.8 Å². The van der Waals surface area contributed by atoms with Crippen LogP contribution in [0.15, 0.2) is 36.5 Å². The maximum Gasteiger partial charge on any atom is 0.140 e. The first kappa shape index (κ1) is 14.9. The van der Waals surface area contributed by atoms with E-state index < -0.39 is 0 Å². The van der Waals surface area contributed by atoms with Crippen LogP contribution in [0.25, 0.3) is 0 Å². The van der Waals surface area contributed by atoms with Crippen molar-refractivity contribution in [3.05, 3.63) is 59.2 Å². The summed E-state index contributed by atoms with van der Waals surface area (Å²) >= 11 is 0. The lowest BCUT2D eigenvalue weighted by atomic mass is 10.1. The molecule has 2 rings (SSSR count). The molecular formula is C16H16FN3O. The summed E-state index contributed by atoms with van der Waals surface area (Å²) in [6, 6.07) is 9.86. The highest BCUT2D eigenvalue weighted by Crippen LogP contribution is 2.26. The summed E-state index contributed by atoms with van der Waals surface area (Å²) in [6.45, 7) is 2.23. The Morgan fingerprint density at radius 2 is 2.19 bits per heavy atom. The van der Waals surface area contributed by atoms with Gasteiger partial charge in [0.05, 0.1) is 0 Å². The molecule has 5 heteroatoms. The summed E-state index contributed by atoms with van der Waals surface area (Å²) in [5, 5.41) is 11.9. The van der Waals surface area contributed by atoms with Gasteiger partial charge in [-0.05, 0) is 49.9 Å². The average molecular weight is 285 g/mol. The fourth-order valence-electron chi connectivity index (χ4n) is 1.93. The molecule has 0 fully saturated rings. The number of ether oxygens (including phenoxy) is 1. The maximum absolute atomic E-state index is 13.4. The lowest BCUT2D eigenvalue weighted by molar-refractivity contribution is 0.299. The van der Waals surface area contributed by atoms with Crippen molar-refractivity contribution in [1.29, 1.82) is 5.26 Å². The molecular weight excluding hydrogens is 269 g/mol. The lowest BCUT2D eigenvalue weighted by Crippen LogP contribution is -2.14. The third kappa shape index (κ3) is 3.77. The number of benzene rings is 1. The second-order valence-corrected chi connectivity index (χ2v) is 4.64. The number of hydrogen-bond donors (Lipinski definition) is 1. The lowest BCUT2D eigenvalue weighted by Gasteiger charge is -2.16. The van der Waals surface area contributed by atoms with Crippen molar-refractivity contribution in [1.82, 2.24) is 10.3 Å². The van der Waals surface area contributed by atoms with Crippen LogP contribution in [0.5, 0.6) is 5.75 Å². The molecule has 0 bridgehead atoms. The van der Waals surface area contributed by atoms with E-state index in [2.05, 4.69) is 10.3 Å². The second kappa shape index (κ2) is 6.82. The molecule has 1 aromatic heterocycles. The van der Waals surface area contributed by atoms with E-state index in [4.69, 9.17) is 10.00 Å². The maximum atomic E-state index is 13.4. The Labute approximate surface area is 123 Å². The first-order chi connectivity index (χ1) is 10.1. The molecule has 1 N–H and O–H groups in total. The average Bonchev–Trinajstić information content (AvgIpc) is 2.53. The van der Waals surface area contributed by atoms with Gasteiger partial charge in [0.25, 0.3) is 0 Å². The van der Waals surface area contributed by atoms with Crippen LogP contribution in [0.4, 0.5) is 4.39 Å². The predicted octanol–water partition coefficient (Wildman–Crippen LogP) is 2.95. The SMILES string of the molecule is CNC(C)c1cc(F)ccc1OCc1ccnc(C#N)c1. The van der Waals surface area contributed by atoms with E-state index in [1.54, 1.807) is 31.4 Å². The molecule has 1 unspecified atom stereocenters. The van der Waals surface area contributed by atoms with E-state index in [-0.39, 0.29) is 11.9 Å². The Kier molecular flexibility index (Phi) is 4.85. The first-order valence-electron chi connectivity index (χ1n) is 6.58. The van der Waals surface area contributed by atoms with Crippen LogP contribution in [-0.4, -0.2) is 12.0 Å². The highest BCUT2D eigenvalue weighted by molar-refractivity contribution is 5.36. The molecule has 21 heavy (non-hydrogen) atoms. The minimum absolute atomic E-state index is 0.0252. The molecule has 0 aliphatic carbocycles. The summed E-state index contributed by atoms with van der Waals surface area (Å²) in [6.07, 6.45) is 1.57. The molecule has 2 aromatic rings. The van der Waals surface area contributed by atoms with Gasteiger partial charge in [0.1, 0.15) is 29.9 Å². The van der Waals surface area contributed by atoms with Crippen LogP contribution in [0.2, 0.25) is 0 Å². The molecule has 1 aromatic carbocycles. The van der Waals surface area contributed by atoms with Crippen LogP contribution in [0.1, 0.15) is 29.8 Å². The number of aromatic nitrogens is 1. The monoisotopic (exact) mass is 285 g/mol. The molecule has 4 nitrogen and oxygen atoms in total. The van der Waals surface area contributed by atoms with E-state index in [9.17, 15) is 4.39 Å². The Bertz CT molecular complexity index is 667. The summed E-state index contributed by atoms with van der Waals surface area (Å²) in [5.74, 6) is 0.323. The van der Waals surface area contributed by atoms with Crippen LogP contribution < -0.4 is 10.1 Å². The molecule has 1 heterocycles. The first-order valence-corrected chi connectivity index (χ1v) is 6.58. The fraction of sp³-hybridized carbons (Fsp3) is 0.250. The third-order valence-corrected chi connectivity index (χ3v) is 3.20. The predicted molar refractivity (Wildman–Crippen MR) is 77.2 cm³/mol. The van der Waals surface area contributed by atoms with E-state index in [0.717, 1.165) is 11.1 Å². The molecule has 0 spiro atoms. The highest BCUT2D eigenvalue weighted by Gasteiger charge is 2.11. The van der Waals surface area contributed by atoms with Gasteiger partial charge in [-0.1, -0.05) is 0 Å². The summed E-state index contributed by atoms with van der Waals surface area (Å²) in [4.78, 5) is 3.91. The normalized spacial score (nSPS) is 11.7. The van der Waals surface area contributed by atoms with Crippen molar-refractivity contribution in [2.75, 3.05) is 7.05 Å². The zero-order valence-corrected chi connectivity index (χ0v) is 11.9. The van der Waals surface area contributed by atoms with Crippen molar-refractivity contribution in [2.45, 2.75) is 19.6 Å². The molecule has 0 aliphatic rings. The molecule has 0 saturated carbocycles. The third-order valence-electron chi connectivity index (χ3n) is 3.20. The van der Waals surface area contributed by atoms with E-state index in [1.807, 2.05) is 13.0 Å². The number of nitrogens with zero attached hydrogens (tertiary/aromatic N) is 2. The molecule has 108 valence electrons.